The summed E-state index contributed by atoms with van der Waals surface area (Å²) in [5.74, 6) is 0. The van der Waals surface area contributed by atoms with Gasteiger partial charge in [-0.25, -0.2) is 8.42 Å². The first-order valence-corrected chi connectivity index (χ1v) is 5.85. The summed E-state index contributed by atoms with van der Waals surface area (Å²) in [5, 5.41) is 1.29. The topological polar surface area (TPSA) is 57.2 Å². The molecule has 2 aromatic rings. The minimum atomic E-state index is -4.40. The van der Waals surface area contributed by atoms with E-state index in [0.717, 1.165) is 10.9 Å². The third-order valence-corrected chi connectivity index (χ3v) is 3.26. The number of fused-ring (bicyclic) bond motifs is 1. The van der Waals surface area contributed by atoms with E-state index in [1.165, 1.54) is 6.07 Å². The molecule has 78 valence electrons. The molecular formula is C11H9NaO3S. The third-order valence-electron chi connectivity index (χ3n) is 2.37. The summed E-state index contributed by atoms with van der Waals surface area (Å²) in [6.07, 6.45) is 0. The fraction of sp³-hybridized carbons (Fsp3) is 0.0909. The van der Waals surface area contributed by atoms with E-state index in [4.69, 9.17) is 0 Å². The first-order chi connectivity index (χ1) is 7.00. The zero-order valence-electron chi connectivity index (χ0n) is 9.10. The molecule has 2 rings (SSSR count). The zero-order chi connectivity index (χ0) is 11.1. The molecule has 3 nitrogen and oxygen atoms in total. The summed E-state index contributed by atoms with van der Waals surface area (Å²) in [5.41, 5.74) is 0.956. The Balaban J connectivity index is 0.00000128. The van der Waals surface area contributed by atoms with Gasteiger partial charge >= 0.3 is 29.6 Å². The standard InChI is InChI=1S/C11H10O3S.Na/c1-8-4-2-6-10-9(8)5-3-7-11(10)15(12,13)14;/h2-7H,1H3,(H,12,13,14);/q;+1/p-1. The van der Waals surface area contributed by atoms with E-state index in [1.807, 2.05) is 13.0 Å². The molecule has 0 saturated carbocycles. The second-order valence-electron chi connectivity index (χ2n) is 3.38. The summed E-state index contributed by atoms with van der Waals surface area (Å²) in [7, 11) is -4.40. The van der Waals surface area contributed by atoms with Gasteiger partial charge in [0.2, 0.25) is 0 Å². The van der Waals surface area contributed by atoms with Gasteiger partial charge in [0.15, 0.2) is 0 Å². The van der Waals surface area contributed by atoms with E-state index < -0.39 is 10.1 Å². The Labute approximate surface area is 117 Å². The fourth-order valence-corrected chi connectivity index (χ4v) is 2.35. The van der Waals surface area contributed by atoms with Gasteiger partial charge in [0.05, 0.1) is 4.90 Å². The van der Waals surface area contributed by atoms with Crippen LogP contribution in [0.25, 0.3) is 10.8 Å². The predicted octanol–water partition coefficient (Wildman–Crippen LogP) is -0.944. The Morgan fingerprint density at radius 3 is 2.19 bits per heavy atom. The Bertz CT molecular complexity index is 620. The van der Waals surface area contributed by atoms with Gasteiger partial charge in [0, 0.05) is 0 Å². The maximum atomic E-state index is 11.0. The molecule has 0 bridgehead atoms. The van der Waals surface area contributed by atoms with Gasteiger partial charge in [0.1, 0.15) is 10.1 Å². The molecule has 0 heterocycles. The molecule has 0 spiro atoms. The van der Waals surface area contributed by atoms with Gasteiger partial charge in [-0.3, -0.25) is 0 Å². The van der Waals surface area contributed by atoms with Crippen LogP contribution in [0.3, 0.4) is 0 Å². The molecule has 0 aliphatic carbocycles. The molecule has 0 amide bonds. The number of benzene rings is 2. The third kappa shape index (κ3) is 2.47. The van der Waals surface area contributed by atoms with Gasteiger partial charge in [-0.1, -0.05) is 30.3 Å². The monoisotopic (exact) mass is 244 g/mol. The molecule has 0 atom stereocenters. The van der Waals surface area contributed by atoms with Crippen molar-refractivity contribution in [1.29, 1.82) is 0 Å². The average Bonchev–Trinajstić information content (AvgIpc) is 2.16. The summed E-state index contributed by atoms with van der Waals surface area (Å²) in [6, 6.07) is 9.99. The molecular weight excluding hydrogens is 235 g/mol. The van der Waals surface area contributed by atoms with Crippen molar-refractivity contribution in [2.24, 2.45) is 0 Å². The molecule has 0 aromatic heterocycles. The fourth-order valence-electron chi connectivity index (χ4n) is 1.66. The summed E-state index contributed by atoms with van der Waals surface area (Å²) >= 11 is 0. The zero-order valence-corrected chi connectivity index (χ0v) is 11.9. The van der Waals surface area contributed by atoms with Crippen LogP contribution in [0.15, 0.2) is 41.3 Å². The van der Waals surface area contributed by atoms with E-state index in [-0.39, 0.29) is 34.5 Å². The molecule has 0 fully saturated rings. The number of rotatable bonds is 1. The van der Waals surface area contributed by atoms with Crippen molar-refractivity contribution in [2.75, 3.05) is 0 Å². The first-order valence-electron chi connectivity index (χ1n) is 4.44. The molecule has 5 heteroatoms. The van der Waals surface area contributed by atoms with Crippen LogP contribution in [0, 0.1) is 6.92 Å². The summed E-state index contributed by atoms with van der Waals surface area (Å²) in [4.78, 5) is -0.149. The van der Waals surface area contributed by atoms with E-state index in [9.17, 15) is 13.0 Å². The van der Waals surface area contributed by atoms with Crippen LogP contribution in [0.2, 0.25) is 0 Å². The van der Waals surface area contributed by atoms with Crippen molar-refractivity contribution in [3.05, 3.63) is 42.0 Å². The maximum Gasteiger partial charge on any atom is 1.00 e. The molecule has 16 heavy (non-hydrogen) atoms. The van der Waals surface area contributed by atoms with Crippen molar-refractivity contribution in [3.8, 4) is 0 Å². The molecule has 0 aliphatic heterocycles. The number of hydrogen-bond donors (Lipinski definition) is 0. The Morgan fingerprint density at radius 1 is 1.00 bits per heavy atom. The van der Waals surface area contributed by atoms with Crippen LogP contribution >= 0.6 is 0 Å². The van der Waals surface area contributed by atoms with E-state index in [0.29, 0.717) is 5.39 Å². The molecule has 0 saturated heterocycles. The Morgan fingerprint density at radius 2 is 1.56 bits per heavy atom. The number of hydrogen-bond acceptors (Lipinski definition) is 3. The van der Waals surface area contributed by atoms with Crippen molar-refractivity contribution in [2.45, 2.75) is 11.8 Å². The van der Waals surface area contributed by atoms with Crippen LogP contribution in [0.5, 0.6) is 0 Å². The number of aryl methyl sites for hydroxylation is 1. The minimum Gasteiger partial charge on any atom is -0.744 e. The Hall–Kier alpha value is -0.390. The summed E-state index contributed by atoms with van der Waals surface area (Å²) in [6.45, 7) is 1.88. The van der Waals surface area contributed by atoms with Crippen LogP contribution < -0.4 is 29.6 Å². The van der Waals surface area contributed by atoms with Crippen molar-refractivity contribution < 1.29 is 42.5 Å². The van der Waals surface area contributed by atoms with Crippen LogP contribution in [0.4, 0.5) is 0 Å². The quantitative estimate of drug-likeness (QED) is 0.480. The molecule has 0 aliphatic rings. The van der Waals surface area contributed by atoms with Gasteiger partial charge < -0.3 is 4.55 Å². The normalized spacial score (nSPS) is 11.1. The molecule has 0 N–H and O–H groups in total. The van der Waals surface area contributed by atoms with Gasteiger partial charge in [-0.15, -0.1) is 0 Å². The molecule has 0 unspecified atom stereocenters. The van der Waals surface area contributed by atoms with Crippen LogP contribution in [-0.2, 0) is 10.1 Å². The van der Waals surface area contributed by atoms with Crippen molar-refractivity contribution in [1.82, 2.24) is 0 Å². The second-order valence-corrected chi connectivity index (χ2v) is 4.73. The van der Waals surface area contributed by atoms with E-state index in [1.54, 1.807) is 24.3 Å². The predicted molar refractivity (Wildman–Crippen MR) is 56.6 cm³/mol. The minimum absolute atomic E-state index is 0. The van der Waals surface area contributed by atoms with E-state index >= 15 is 0 Å². The smallest absolute Gasteiger partial charge is 0.744 e. The summed E-state index contributed by atoms with van der Waals surface area (Å²) < 4.78 is 33.0. The van der Waals surface area contributed by atoms with E-state index in [2.05, 4.69) is 0 Å². The first kappa shape index (κ1) is 13.7. The Kier molecular flexibility index (Phi) is 4.15. The maximum absolute atomic E-state index is 11.0. The largest absolute Gasteiger partial charge is 1.00 e. The molecule has 2 aromatic carbocycles. The SMILES string of the molecule is Cc1cccc2c(S(=O)(=O)[O-])cccc12.[Na+]. The van der Waals surface area contributed by atoms with Gasteiger partial charge in [0.25, 0.3) is 0 Å². The average molecular weight is 244 g/mol. The van der Waals surface area contributed by atoms with Gasteiger partial charge in [-0.2, -0.15) is 0 Å². The van der Waals surface area contributed by atoms with Crippen LogP contribution in [0.1, 0.15) is 5.56 Å². The van der Waals surface area contributed by atoms with Gasteiger partial charge in [-0.05, 0) is 29.3 Å². The van der Waals surface area contributed by atoms with Crippen LogP contribution in [-0.4, -0.2) is 13.0 Å². The second kappa shape index (κ2) is 4.85. The van der Waals surface area contributed by atoms with Crippen molar-refractivity contribution in [3.63, 3.8) is 0 Å². The van der Waals surface area contributed by atoms with Crippen molar-refractivity contribution >= 4 is 20.9 Å². The molecule has 0 radical (unpaired) electrons.